The van der Waals surface area contributed by atoms with E-state index in [9.17, 15) is 14.9 Å². The Balaban J connectivity index is 1.67. The summed E-state index contributed by atoms with van der Waals surface area (Å²) in [4.78, 5) is 16.6. The van der Waals surface area contributed by atoms with Crippen molar-refractivity contribution in [2.24, 2.45) is 16.5 Å². The number of rotatable bonds is 4. The van der Waals surface area contributed by atoms with Gasteiger partial charge >= 0.3 is 13.1 Å². The van der Waals surface area contributed by atoms with E-state index in [0.29, 0.717) is 18.1 Å². The lowest BCUT2D eigenvalue weighted by atomic mass is 9.77. The summed E-state index contributed by atoms with van der Waals surface area (Å²) in [5.41, 5.74) is 11.9. The largest absolute Gasteiger partial charge is 0.535 e. The van der Waals surface area contributed by atoms with Crippen LogP contribution in [0.2, 0.25) is 5.82 Å². The normalized spacial score (nSPS) is 29.4. The zero-order valence-electron chi connectivity index (χ0n) is 13.3. The number of thioether (sulfide) groups is 1. The number of carboxylic acids is 1. The van der Waals surface area contributed by atoms with Gasteiger partial charge in [-0.2, -0.15) is 0 Å². The molecule has 4 atom stereocenters. The predicted molar refractivity (Wildman–Crippen MR) is 93.2 cm³/mol. The lowest BCUT2D eigenvalue weighted by molar-refractivity contribution is 0.0690. The summed E-state index contributed by atoms with van der Waals surface area (Å²) in [6.45, 7) is 0.818. The first kappa shape index (κ1) is 16.6. The standard InChI is InChI=1S/C15H18BN3O5S/c17-15(18)19-9-4-23-5-11(9)25-10-2-1-6-7-3-8(7)16(22)24-13(6)12(10)14(20)21/h1-2,7-9,11,22H,3-5H2,(H,20,21)(H4,17,18,19). The highest BCUT2D eigenvalue weighted by Gasteiger charge is 2.54. The molecule has 1 saturated heterocycles. The molecule has 1 aromatic carbocycles. The van der Waals surface area contributed by atoms with Crippen LogP contribution in [0, 0.1) is 0 Å². The zero-order valence-corrected chi connectivity index (χ0v) is 14.1. The molecule has 4 unspecified atom stereocenters. The molecule has 0 bridgehead atoms. The number of aromatic carboxylic acids is 1. The fourth-order valence-electron chi connectivity index (χ4n) is 3.51. The summed E-state index contributed by atoms with van der Waals surface area (Å²) in [6, 6.07) is 3.47. The molecular formula is C15H18BN3O5S. The Kier molecular flexibility index (Phi) is 4.05. The summed E-state index contributed by atoms with van der Waals surface area (Å²) in [5.74, 6) is -0.567. The fraction of sp³-hybridized carbons (Fsp3) is 0.467. The van der Waals surface area contributed by atoms with Gasteiger partial charge in [0.15, 0.2) is 5.96 Å². The van der Waals surface area contributed by atoms with Crippen LogP contribution in [0.3, 0.4) is 0 Å². The van der Waals surface area contributed by atoms with E-state index in [2.05, 4.69) is 4.99 Å². The minimum atomic E-state index is -1.08. The predicted octanol–water partition coefficient (Wildman–Crippen LogP) is 0.248. The van der Waals surface area contributed by atoms with Crippen molar-refractivity contribution in [3.05, 3.63) is 23.3 Å². The van der Waals surface area contributed by atoms with E-state index < -0.39 is 13.1 Å². The molecule has 0 amide bonds. The van der Waals surface area contributed by atoms with E-state index in [4.69, 9.17) is 20.9 Å². The van der Waals surface area contributed by atoms with E-state index in [-0.39, 0.29) is 40.3 Å². The molecule has 4 rings (SSSR count). The van der Waals surface area contributed by atoms with Crippen LogP contribution in [0.1, 0.15) is 28.3 Å². The minimum absolute atomic E-state index is 0.0174. The van der Waals surface area contributed by atoms with E-state index >= 15 is 0 Å². The lowest BCUT2D eigenvalue weighted by Gasteiger charge is -2.23. The molecule has 1 saturated carbocycles. The summed E-state index contributed by atoms with van der Waals surface area (Å²) >= 11 is 1.36. The average Bonchev–Trinajstić information content (AvgIpc) is 3.24. The summed E-state index contributed by atoms with van der Waals surface area (Å²) in [6.07, 6.45) is 0.822. The van der Waals surface area contributed by atoms with Gasteiger partial charge < -0.3 is 31.0 Å². The number of nitrogens with two attached hydrogens (primary N) is 2. The maximum absolute atomic E-state index is 11.9. The molecule has 3 aliphatic rings. The van der Waals surface area contributed by atoms with Crippen LogP contribution in [-0.4, -0.2) is 53.7 Å². The van der Waals surface area contributed by atoms with Crippen molar-refractivity contribution in [1.82, 2.24) is 0 Å². The molecular weight excluding hydrogens is 345 g/mol. The van der Waals surface area contributed by atoms with Gasteiger partial charge in [0.05, 0.1) is 24.5 Å². The van der Waals surface area contributed by atoms with Crippen molar-refractivity contribution in [3.8, 4) is 5.75 Å². The third kappa shape index (κ3) is 2.94. The van der Waals surface area contributed by atoms with Gasteiger partial charge in [0, 0.05) is 10.7 Å². The van der Waals surface area contributed by atoms with E-state index in [1.54, 1.807) is 6.07 Å². The Hall–Kier alpha value is -1.91. The quantitative estimate of drug-likeness (QED) is 0.339. The maximum Gasteiger partial charge on any atom is 0.526 e. The van der Waals surface area contributed by atoms with Crippen LogP contribution < -0.4 is 16.1 Å². The Morgan fingerprint density at radius 2 is 2.16 bits per heavy atom. The Morgan fingerprint density at radius 3 is 2.88 bits per heavy atom. The molecule has 2 aliphatic heterocycles. The lowest BCUT2D eigenvalue weighted by Crippen LogP contribution is -2.29. The number of hydrogen-bond donors (Lipinski definition) is 4. The molecule has 1 aromatic rings. The van der Waals surface area contributed by atoms with Gasteiger partial charge in [0.25, 0.3) is 0 Å². The van der Waals surface area contributed by atoms with Crippen LogP contribution >= 0.6 is 11.8 Å². The second-order valence-electron chi connectivity index (χ2n) is 6.49. The van der Waals surface area contributed by atoms with E-state index in [1.165, 1.54) is 11.8 Å². The van der Waals surface area contributed by atoms with Gasteiger partial charge in [0.1, 0.15) is 11.3 Å². The summed E-state index contributed by atoms with van der Waals surface area (Å²) in [7, 11) is -0.944. The third-order valence-corrected chi connectivity index (χ3v) is 6.15. The number of fused-ring (bicyclic) bond motifs is 3. The molecule has 2 fully saturated rings. The molecule has 0 radical (unpaired) electrons. The van der Waals surface area contributed by atoms with Gasteiger partial charge in [-0.15, -0.1) is 11.8 Å². The summed E-state index contributed by atoms with van der Waals surface area (Å²) in [5, 5.41) is 19.6. The zero-order chi connectivity index (χ0) is 17.7. The second kappa shape index (κ2) is 6.12. The Morgan fingerprint density at radius 1 is 1.36 bits per heavy atom. The Labute approximate surface area is 148 Å². The average molecular weight is 363 g/mol. The highest BCUT2D eigenvalue weighted by atomic mass is 32.2. The molecule has 25 heavy (non-hydrogen) atoms. The van der Waals surface area contributed by atoms with Gasteiger partial charge in [-0.05, 0) is 24.0 Å². The van der Waals surface area contributed by atoms with E-state index in [0.717, 1.165) is 12.0 Å². The third-order valence-electron chi connectivity index (χ3n) is 4.80. The number of ether oxygens (including phenoxy) is 1. The van der Waals surface area contributed by atoms with Gasteiger partial charge in [0.2, 0.25) is 0 Å². The maximum atomic E-state index is 11.9. The molecule has 2 heterocycles. The molecule has 10 heteroatoms. The van der Waals surface area contributed by atoms with Crippen molar-refractivity contribution in [2.45, 2.75) is 34.3 Å². The molecule has 132 valence electrons. The van der Waals surface area contributed by atoms with Crippen molar-refractivity contribution < 1.29 is 24.3 Å². The monoisotopic (exact) mass is 363 g/mol. The van der Waals surface area contributed by atoms with Crippen molar-refractivity contribution >= 4 is 30.8 Å². The number of aliphatic imine (C=N–C) groups is 1. The number of benzene rings is 1. The van der Waals surface area contributed by atoms with Gasteiger partial charge in [-0.25, -0.2) is 9.79 Å². The first-order chi connectivity index (χ1) is 12.0. The number of carboxylic acid groups (broad SMARTS) is 1. The highest BCUT2D eigenvalue weighted by molar-refractivity contribution is 8.00. The van der Waals surface area contributed by atoms with Gasteiger partial charge in [-0.1, -0.05) is 6.07 Å². The number of carbonyl (C=O) groups is 1. The second-order valence-corrected chi connectivity index (χ2v) is 7.77. The first-order valence-corrected chi connectivity index (χ1v) is 8.91. The molecule has 0 spiro atoms. The SMILES string of the molecule is NC(N)=NC1COCC1Sc1ccc2c(c1C(=O)O)OB(O)C1CC21. The summed E-state index contributed by atoms with van der Waals surface area (Å²) < 4.78 is 11.0. The van der Waals surface area contributed by atoms with Crippen LogP contribution in [0.4, 0.5) is 0 Å². The Bertz CT molecular complexity index is 757. The van der Waals surface area contributed by atoms with Gasteiger partial charge in [-0.3, -0.25) is 0 Å². The molecule has 1 aliphatic carbocycles. The van der Waals surface area contributed by atoms with Crippen LogP contribution in [0.15, 0.2) is 22.0 Å². The number of guanidine groups is 1. The smallest absolute Gasteiger partial charge is 0.526 e. The van der Waals surface area contributed by atoms with Crippen LogP contribution in [0.5, 0.6) is 5.75 Å². The minimum Gasteiger partial charge on any atom is -0.535 e. The van der Waals surface area contributed by atoms with Crippen molar-refractivity contribution in [2.75, 3.05) is 13.2 Å². The number of hydrogen-bond acceptors (Lipinski definition) is 6. The topological polar surface area (TPSA) is 140 Å². The fourth-order valence-corrected chi connectivity index (χ4v) is 4.74. The van der Waals surface area contributed by atoms with Crippen molar-refractivity contribution in [3.63, 3.8) is 0 Å². The molecule has 6 N–H and O–H groups in total. The first-order valence-electron chi connectivity index (χ1n) is 8.03. The van der Waals surface area contributed by atoms with E-state index in [1.807, 2.05) is 6.07 Å². The van der Waals surface area contributed by atoms with Crippen molar-refractivity contribution in [1.29, 1.82) is 0 Å². The number of nitrogens with zero attached hydrogens (tertiary/aromatic N) is 1. The van der Waals surface area contributed by atoms with Crippen LogP contribution in [0.25, 0.3) is 0 Å². The molecule has 0 aromatic heterocycles. The van der Waals surface area contributed by atoms with Crippen LogP contribution in [-0.2, 0) is 4.74 Å². The molecule has 8 nitrogen and oxygen atoms in total. The highest BCUT2D eigenvalue weighted by Crippen LogP contribution is 2.60.